The Morgan fingerprint density at radius 1 is 1.53 bits per heavy atom. The van der Waals surface area contributed by atoms with Crippen LogP contribution in [0.4, 0.5) is 0 Å². The number of hydrogen-bond acceptors (Lipinski definition) is 2. The Labute approximate surface area is 104 Å². The van der Waals surface area contributed by atoms with Gasteiger partial charge in [-0.1, -0.05) is 24.6 Å². The zero-order valence-corrected chi connectivity index (χ0v) is 11.2. The maximum absolute atomic E-state index is 5.94. The lowest BCUT2D eigenvalue weighted by Gasteiger charge is -2.17. The molecule has 1 aromatic carbocycles. The predicted octanol–water partition coefficient (Wildman–Crippen LogP) is 3.40. The molecule has 0 saturated carbocycles. The molecule has 1 N–H and O–H groups in total. The smallest absolute Gasteiger partial charge is 0.0657 e. The van der Waals surface area contributed by atoms with Crippen molar-refractivity contribution in [2.24, 2.45) is 0 Å². The normalized spacial score (nSPS) is 12.8. The molecular weight excluding hydrogens is 277 g/mol. The highest BCUT2D eigenvalue weighted by Crippen LogP contribution is 2.26. The highest BCUT2D eigenvalue weighted by molar-refractivity contribution is 9.10. The molecule has 0 amide bonds. The van der Waals surface area contributed by atoms with Crippen LogP contribution in [-0.2, 0) is 4.74 Å². The largest absolute Gasteiger partial charge is 0.383 e. The quantitative estimate of drug-likeness (QED) is 0.898. The fourth-order valence-electron chi connectivity index (χ4n) is 1.42. The van der Waals surface area contributed by atoms with Gasteiger partial charge in [-0.15, -0.1) is 0 Å². The van der Waals surface area contributed by atoms with Crippen LogP contribution in [0.1, 0.15) is 18.5 Å². The van der Waals surface area contributed by atoms with Gasteiger partial charge in [-0.3, -0.25) is 0 Å². The third-order valence-corrected chi connectivity index (χ3v) is 3.34. The van der Waals surface area contributed by atoms with E-state index in [-0.39, 0.29) is 6.04 Å². The van der Waals surface area contributed by atoms with Gasteiger partial charge < -0.3 is 10.1 Å². The number of ether oxygens (including phenoxy) is 1. The topological polar surface area (TPSA) is 21.3 Å². The van der Waals surface area contributed by atoms with Crippen molar-refractivity contribution >= 4 is 27.5 Å². The van der Waals surface area contributed by atoms with E-state index in [9.17, 15) is 0 Å². The van der Waals surface area contributed by atoms with Crippen molar-refractivity contribution in [3.05, 3.63) is 33.3 Å². The Hall–Kier alpha value is -0.0900. The van der Waals surface area contributed by atoms with Crippen LogP contribution in [0.2, 0.25) is 5.02 Å². The third kappa shape index (κ3) is 3.76. The summed E-state index contributed by atoms with van der Waals surface area (Å²) in [7, 11) is 1.70. The van der Waals surface area contributed by atoms with E-state index in [2.05, 4.69) is 28.2 Å². The average molecular weight is 293 g/mol. The van der Waals surface area contributed by atoms with Crippen LogP contribution >= 0.6 is 27.5 Å². The van der Waals surface area contributed by atoms with Crippen molar-refractivity contribution in [1.29, 1.82) is 0 Å². The second-order valence-corrected chi connectivity index (χ2v) is 4.50. The molecule has 1 atom stereocenters. The van der Waals surface area contributed by atoms with Crippen molar-refractivity contribution in [2.45, 2.75) is 13.0 Å². The van der Waals surface area contributed by atoms with E-state index in [1.165, 1.54) is 5.56 Å². The SMILES string of the molecule is CCNC(COC)c1ccc(Cl)c(Br)c1. The average Bonchev–Trinajstić information content (AvgIpc) is 2.22. The minimum Gasteiger partial charge on any atom is -0.383 e. The van der Waals surface area contributed by atoms with E-state index < -0.39 is 0 Å². The minimum absolute atomic E-state index is 0.216. The minimum atomic E-state index is 0.216. The molecular formula is C11H15BrClNO. The molecule has 2 nitrogen and oxygen atoms in total. The number of hydrogen-bond donors (Lipinski definition) is 1. The van der Waals surface area contributed by atoms with Gasteiger partial charge in [-0.2, -0.15) is 0 Å². The van der Waals surface area contributed by atoms with E-state index in [1.807, 2.05) is 18.2 Å². The monoisotopic (exact) mass is 291 g/mol. The number of methoxy groups -OCH3 is 1. The summed E-state index contributed by atoms with van der Waals surface area (Å²) in [5, 5.41) is 4.09. The van der Waals surface area contributed by atoms with Crippen molar-refractivity contribution in [3.63, 3.8) is 0 Å². The molecule has 15 heavy (non-hydrogen) atoms. The zero-order valence-electron chi connectivity index (χ0n) is 8.89. The van der Waals surface area contributed by atoms with Crippen LogP contribution in [0, 0.1) is 0 Å². The van der Waals surface area contributed by atoms with Gasteiger partial charge in [0.15, 0.2) is 0 Å². The van der Waals surface area contributed by atoms with E-state index >= 15 is 0 Å². The Kier molecular flexibility index (Phi) is 5.61. The van der Waals surface area contributed by atoms with Gasteiger partial charge in [0.05, 0.1) is 17.7 Å². The molecule has 0 aliphatic heterocycles. The highest BCUT2D eigenvalue weighted by Gasteiger charge is 2.10. The lowest BCUT2D eigenvalue weighted by Crippen LogP contribution is -2.24. The maximum atomic E-state index is 5.94. The first kappa shape index (κ1) is 13.0. The van der Waals surface area contributed by atoms with Crippen LogP contribution in [0.5, 0.6) is 0 Å². The van der Waals surface area contributed by atoms with Gasteiger partial charge in [0.2, 0.25) is 0 Å². The van der Waals surface area contributed by atoms with E-state index in [0.29, 0.717) is 6.61 Å². The molecule has 0 spiro atoms. The summed E-state index contributed by atoms with van der Waals surface area (Å²) >= 11 is 9.36. The summed E-state index contributed by atoms with van der Waals surface area (Å²) in [6.45, 7) is 3.64. The van der Waals surface area contributed by atoms with Crippen LogP contribution in [0.15, 0.2) is 22.7 Å². The van der Waals surface area contributed by atoms with Gasteiger partial charge in [0.25, 0.3) is 0 Å². The highest BCUT2D eigenvalue weighted by atomic mass is 79.9. The molecule has 84 valence electrons. The van der Waals surface area contributed by atoms with E-state index in [4.69, 9.17) is 16.3 Å². The van der Waals surface area contributed by atoms with E-state index in [0.717, 1.165) is 16.0 Å². The second kappa shape index (κ2) is 6.48. The number of likely N-dealkylation sites (N-methyl/N-ethyl adjacent to an activating group) is 1. The lowest BCUT2D eigenvalue weighted by atomic mass is 10.1. The Morgan fingerprint density at radius 3 is 2.80 bits per heavy atom. The molecule has 0 bridgehead atoms. The summed E-state index contributed by atoms with van der Waals surface area (Å²) in [6, 6.07) is 6.14. The van der Waals surface area contributed by atoms with Gasteiger partial charge >= 0.3 is 0 Å². The molecule has 0 aromatic heterocycles. The Balaban J connectivity index is 2.85. The molecule has 0 heterocycles. The molecule has 0 aliphatic carbocycles. The summed E-state index contributed by atoms with van der Waals surface area (Å²) < 4.78 is 6.09. The fourth-order valence-corrected chi connectivity index (χ4v) is 1.93. The van der Waals surface area contributed by atoms with Gasteiger partial charge in [0, 0.05) is 11.6 Å². The first-order chi connectivity index (χ1) is 7.19. The zero-order chi connectivity index (χ0) is 11.3. The molecule has 0 radical (unpaired) electrons. The van der Waals surface area contributed by atoms with Crippen LogP contribution < -0.4 is 5.32 Å². The first-order valence-corrected chi connectivity index (χ1v) is 6.03. The summed E-state index contributed by atoms with van der Waals surface area (Å²) in [6.07, 6.45) is 0. The summed E-state index contributed by atoms with van der Waals surface area (Å²) in [4.78, 5) is 0. The van der Waals surface area contributed by atoms with Crippen LogP contribution in [0.3, 0.4) is 0 Å². The standard InChI is InChI=1S/C11H15BrClNO/c1-3-14-11(7-15-2)8-4-5-10(13)9(12)6-8/h4-6,11,14H,3,7H2,1-2H3. The first-order valence-electron chi connectivity index (χ1n) is 4.86. The van der Waals surface area contributed by atoms with Crippen LogP contribution in [0.25, 0.3) is 0 Å². The molecule has 0 aliphatic rings. The molecule has 1 rings (SSSR count). The summed E-state index contributed by atoms with van der Waals surface area (Å²) in [5.41, 5.74) is 1.18. The van der Waals surface area contributed by atoms with Gasteiger partial charge in [-0.25, -0.2) is 0 Å². The molecule has 1 aromatic rings. The van der Waals surface area contributed by atoms with Gasteiger partial charge in [0.1, 0.15) is 0 Å². The van der Waals surface area contributed by atoms with Crippen molar-refractivity contribution in [3.8, 4) is 0 Å². The molecule has 0 fully saturated rings. The molecule has 1 unspecified atom stereocenters. The number of rotatable bonds is 5. The molecule has 4 heteroatoms. The Bertz CT molecular complexity index is 313. The fraction of sp³-hybridized carbons (Fsp3) is 0.455. The lowest BCUT2D eigenvalue weighted by molar-refractivity contribution is 0.168. The Morgan fingerprint density at radius 2 is 2.27 bits per heavy atom. The number of halogens is 2. The van der Waals surface area contributed by atoms with Crippen LogP contribution in [-0.4, -0.2) is 20.3 Å². The van der Waals surface area contributed by atoms with E-state index in [1.54, 1.807) is 7.11 Å². The number of benzene rings is 1. The second-order valence-electron chi connectivity index (χ2n) is 3.24. The predicted molar refractivity (Wildman–Crippen MR) is 67.4 cm³/mol. The van der Waals surface area contributed by atoms with Crippen molar-refractivity contribution in [1.82, 2.24) is 5.32 Å². The summed E-state index contributed by atoms with van der Waals surface area (Å²) in [5.74, 6) is 0. The maximum Gasteiger partial charge on any atom is 0.0657 e. The number of nitrogens with one attached hydrogen (secondary N) is 1. The third-order valence-electron chi connectivity index (χ3n) is 2.13. The molecule has 0 saturated heterocycles. The van der Waals surface area contributed by atoms with Crippen molar-refractivity contribution < 1.29 is 4.74 Å². The van der Waals surface area contributed by atoms with Crippen molar-refractivity contribution in [2.75, 3.05) is 20.3 Å². The van der Waals surface area contributed by atoms with Gasteiger partial charge in [-0.05, 0) is 40.2 Å².